The molecule has 1 aromatic rings. The average Bonchev–Trinajstić information content (AvgIpc) is 2.83. The molecule has 19 heavy (non-hydrogen) atoms. The molecule has 1 aliphatic heterocycles. The van der Waals surface area contributed by atoms with Gasteiger partial charge in [-0.3, -0.25) is 4.79 Å². The van der Waals surface area contributed by atoms with Crippen molar-refractivity contribution in [3.8, 4) is 0 Å². The molecule has 2 atom stereocenters. The number of halogens is 1. The number of aromatic amines is 1. The Labute approximate surface area is 116 Å². The summed E-state index contributed by atoms with van der Waals surface area (Å²) in [6.07, 6.45) is 3.83. The first kappa shape index (κ1) is 13.9. The predicted molar refractivity (Wildman–Crippen MR) is 71.3 cm³/mol. The number of carboxylic acids is 1. The fourth-order valence-corrected chi connectivity index (χ4v) is 2.70. The topological polar surface area (TPSA) is 73.4 Å². The highest BCUT2D eigenvalue weighted by molar-refractivity contribution is 6.31. The molecule has 0 bridgehead atoms. The van der Waals surface area contributed by atoms with E-state index in [0.29, 0.717) is 29.6 Å². The number of carboxylic acid groups (broad SMARTS) is 1. The molecule has 2 unspecified atom stereocenters. The highest BCUT2D eigenvalue weighted by Crippen LogP contribution is 2.27. The van der Waals surface area contributed by atoms with Gasteiger partial charge in [0.15, 0.2) is 0 Å². The van der Waals surface area contributed by atoms with E-state index in [1.54, 1.807) is 0 Å². The van der Waals surface area contributed by atoms with E-state index in [2.05, 4.69) is 4.98 Å². The van der Waals surface area contributed by atoms with E-state index in [1.807, 2.05) is 6.92 Å². The number of rotatable bonds is 3. The van der Waals surface area contributed by atoms with Crippen molar-refractivity contribution in [2.45, 2.75) is 32.2 Å². The number of carbonyl (C=O) groups is 2. The molecule has 104 valence electrons. The molecule has 0 saturated carbocycles. The quantitative estimate of drug-likeness (QED) is 0.895. The Kier molecular flexibility index (Phi) is 4.14. The standard InChI is InChI=1S/C13H17ClN2O3/c1-2-8-3-4-16(11(5-8)13(18)19)12(17)10-6-9(14)7-15-10/h6-8,11,15H,2-5H2,1H3,(H,18,19). The van der Waals surface area contributed by atoms with Crippen LogP contribution >= 0.6 is 11.6 Å². The smallest absolute Gasteiger partial charge is 0.326 e. The number of aliphatic carboxylic acids is 1. The van der Waals surface area contributed by atoms with Crippen LogP contribution in [0, 0.1) is 5.92 Å². The number of hydrogen-bond acceptors (Lipinski definition) is 2. The van der Waals surface area contributed by atoms with Gasteiger partial charge in [-0.05, 0) is 24.8 Å². The molecule has 1 saturated heterocycles. The van der Waals surface area contributed by atoms with Crippen LogP contribution in [0.3, 0.4) is 0 Å². The Balaban J connectivity index is 2.17. The zero-order valence-electron chi connectivity index (χ0n) is 10.7. The first-order valence-electron chi connectivity index (χ1n) is 6.40. The molecule has 2 rings (SSSR count). The van der Waals surface area contributed by atoms with Crippen LogP contribution in [-0.2, 0) is 4.79 Å². The van der Waals surface area contributed by atoms with Gasteiger partial charge in [0, 0.05) is 12.7 Å². The van der Waals surface area contributed by atoms with Crippen molar-refractivity contribution in [3.05, 3.63) is 23.0 Å². The lowest BCUT2D eigenvalue weighted by Gasteiger charge is -2.36. The zero-order chi connectivity index (χ0) is 14.0. The Hall–Kier alpha value is -1.49. The summed E-state index contributed by atoms with van der Waals surface area (Å²) in [6.45, 7) is 2.52. The lowest BCUT2D eigenvalue weighted by molar-refractivity contribution is -0.144. The van der Waals surface area contributed by atoms with E-state index in [1.165, 1.54) is 17.2 Å². The van der Waals surface area contributed by atoms with Gasteiger partial charge in [0.25, 0.3) is 5.91 Å². The maximum absolute atomic E-state index is 12.3. The van der Waals surface area contributed by atoms with Crippen LogP contribution in [0.25, 0.3) is 0 Å². The summed E-state index contributed by atoms with van der Waals surface area (Å²) in [7, 11) is 0. The van der Waals surface area contributed by atoms with Gasteiger partial charge >= 0.3 is 5.97 Å². The minimum Gasteiger partial charge on any atom is -0.480 e. The highest BCUT2D eigenvalue weighted by Gasteiger charge is 2.36. The average molecular weight is 285 g/mol. The molecule has 5 nitrogen and oxygen atoms in total. The van der Waals surface area contributed by atoms with Crippen LogP contribution in [-0.4, -0.2) is 39.5 Å². The molecule has 2 N–H and O–H groups in total. The number of hydrogen-bond donors (Lipinski definition) is 2. The second-order valence-electron chi connectivity index (χ2n) is 4.88. The summed E-state index contributed by atoms with van der Waals surface area (Å²) in [6, 6.07) is 0.780. The number of nitrogens with zero attached hydrogens (tertiary/aromatic N) is 1. The van der Waals surface area contributed by atoms with Crippen molar-refractivity contribution in [1.29, 1.82) is 0 Å². The normalized spacial score (nSPS) is 23.4. The maximum atomic E-state index is 12.3. The molecule has 0 aromatic carbocycles. The summed E-state index contributed by atoms with van der Waals surface area (Å²) in [4.78, 5) is 27.8. The molecular formula is C13H17ClN2O3. The van der Waals surface area contributed by atoms with E-state index < -0.39 is 12.0 Å². The summed E-state index contributed by atoms with van der Waals surface area (Å²) < 4.78 is 0. The Morgan fingerprint density at radius 3 is 2.84 bits per heavy atom. The van der Waals surface area contributed by atoms with Gasteiger partial charge in [-0.25, -0.2) is 4.79 Å². The molecule has 0 aliphatic carbocycles. The van der Waals surface area contributed by atoms with Crippen LogP contribution in [0.2, 0.25) is 5.02 Å². The molecule has 0 radical (unpaired) electrons. The molecule has 1 aromatic heterocycles. The maximum Gasteiger partial charge on any atom is 0.326 e. The van der Waals surface area contributed by atoms with Crippen molar-refractivity contribution in [3.63, 3.8) is 0 Å². The number of H-pyrrole nitrogens is 1. The van der Waals surface area contributed by atoms with Gasteiger partial charge in [-0.1, -0.05) is 24.9 Å². The van der Waals surface area contributed by atoms with E-state index in [-0.39, 0.29) is 5.91 Å². The largest absolute Gasteiger partial charge is 0.480 e. The van der Waals surface area contributed by atoms with Crippen LogP contribution in [0.5, 0.6) is 0 Å². The lowest BCUT2D eigenvalue weighted by Crippen LogP contribution is -2.50. The lowest BCUT2D eigenvalue weighted by atomic mass is 9.88. The van der Waals surface area contributed by atoms with Crippen LogP contribution in [0.4, 0.5) is 0 Å². The van der Waals surface area contributed by atoms with Gasteiger partial charge in [0.2, 0.25) is 0 Å². The number of carbonyl (C=O) groups excluding carboxylic acids is 1. The molecule has 1 aliphatic rings. The summed E-state index contributed by atoms with van der Waals surface area (Å²) in [5, 5.41) is 9.74. The van der Waals surface area contributed by atoms with E-state index >= 15 is 0 Å². The molecular weight excluding hydrogens is 268 g/mol. The third-order valence-electron chi connectivity index (χ3n) is 3.71. The molecule has 6 heteroatoms. The van der Waals surface area contributed by atoms with Crippen molar-refractivity contribution in [2.24, 2.45) is 5.92 Å². The van der Waals surface area contributed by atoms with Gasteiger partial charge in [0.1, 0.15) is 11.7 Å². The fourth-order valence-electron chi connectivity index (χ4n) is 2.53. The monoisotopic (exact) mass is 284 g/mol. The molecule has 1 fully saturated rings. The highest BCUT2D eigenvalue weighted by atomic mass is 35.5. The number of amides is 1. The van der Waals surface area contributed by atoms with Gasteiger partial charge in [0.05, 0.1) is 5.02 Å². The third-order valence-corrected chi connectivity index (χ3v) is 3.93. The van der Waals surface area contributed by atoms with Gasteiger partial charge < -0.3 is 15.0 Å². The number of likely N-dealkylation sites (tertiary alicyclic amines) is 1. The fraction of sp³-hybridized carbons (Fsp3) is 0.538. The minimum atomic E-state index is -0.941. The van der Waals surface area contributed by atoms with Crippen LogP contribution < -0.4 is 0 Å². The number of aromatic nitrogens is 1. The third kappa shape index (κ3) is 2.92. The van der Waals surface area contributed by atoms with Crippen molar-refractivity contribution in [2.75, 3.05) is 6.54 Å². The van der Waals surface area contributed by atoms with Crippen LogP contribution in [0.15, 0.2) is 12.3 Å². The van der Waals surface area contributed by atoms with Gasteiger partial charge in [-0.15, -0.1) is 0 Å². The molecule has 2 heterocycles. The van der Waals surface area contributed by atoms with Crippen molar-refractivity contribution in [1.82, 2.24) is 9.88 Å². The predicted octanol–water partition coefficient (Wildman–Crippen LogP) is 2.38. The van der Waals surface area contributed by atoms with Crippen molar-refractivity contribution < 1.29 is 14.7 Å². The van der Waals surface area contributed by atoms with E-state index in [9.17, 15) is 14.7 Å². The Morgan fingerprint density at radius 1 is 1.58 bits per heavy atom. The number of nitrogens with one attached hydrogen (secondary N) is 1. The SMILES string of the molecule is CCC1CCN(C(=O)c2cc(Cl)c[nH]2)C(C(=O)O)C1. The second-order valence-corrected chi connectivity index (χ2v) is 5.32. The minimum absolute atomic E-state index is 0.297. The molecule has 1 amide bonds. The first-order valence-corrected chi connectivity index (χ1v) is 6.78. The summed E-state index contributed by atoms with van der Waals surface area (Å²) in [5.41, 5.74) is 0.339. The van der Waals surface area contributed by atoms with E-state index in [4.69, 9.17) is 11.6 Å². The van der Waals surface area contributed by atoms with Gasteiger partial charge in [-0.2, -0.15) is 0 Å². The summed E-state index contributed by atoms with van der Waals surface area (Å²) >= 11 is 5.77. The molecule has 0 spiro atoms. The van der Waals surface area contributed by atoms with E-state index in [0.717, 1.165) is 12.8 Å². The number of piperidine rings is 1. The zero-order valence-corrected chi connectivity index (χ0v) is 11.5. The Morgan fingerprint density at radius 2 is 2.32 bits per heavy atom. The first-order chi connectivity index (χ1) is 9.02. The Bertz CT molecular complexity index is 486. The van der Waals surface area contributed by atoms with Crippen molar-refractivity contribution >= 4 is 23.5 Å². The van der Waals surface area contributed by atoms with Crippen LogP contribution in [0.1, 0.15) is 36.7 Å². The second kappa shape index (κ2) is 5.65. The summed E-state index contributed by atoms with van der Waals surface area (Å²) in [5.74, 6) is -0.865.